The van der Waals surface area contributed by atoms with Gasteiger partial charge >= 0.3 is 0 Å². The Morgan fingerprint density at radius 1 is 1.27 bits per heavy atom. The molecule has 0 fully saturated rings. The number of aromatic nitrogens is 3. The summed E-state index contributed by atoms with van der Waals surface area (Å²) < 4.78 is 7.18. The van der Waals surface area contributed by atoms with Gasteiger partial charge in [-0.15, -0.1) is 10.2 Å². The summed E-state index contributed by atoms with van der Waals surface area (Å²) in [6, 6.07) is 10.3. The third-order valence-corrected chi connectivity index (χ3v) is 4.34. The van der Waals surface area contributed by atoms with Gasteiger partial charge in [0.2, 0.25) is 5.16 Å². The molecule has 2 aromatic heterocycles. The smallest absolute Gasteiger partial charge is 0.212 e. The lowest BCUT2D eigenvalue weighted by Gasteiger charge is -2.12. The molecule has 0 saturated heterocycles. The van der Waals surface area contributed by atoms with Crippen molar-refractivity contribution in [1.29, 1.82) is 0 Å². The topological polar surface area (TPSA) is 104 Å². The molecule has 1 aliphatic rings. The highest BCUT2D eigenvalue weighted by Gasteiger charge is 2.29. The molecule has 0 radical (unpaired) electrons. The zero-order valence-electron chi connectivity index (χ0n) is 11.1. The van der Waals surface area contributed by atoms with Gasteiger partial charge in [-0.05, 0) is 36.0 Å². The molecule has 112 valence electrons. The highest BCUT2D eigenvalue weighted by atomic mass is 32.2. The molecule has 1 aliphatic heterocycles. The molecule has 0 saturated carbocycles. The Balaban J connectivity index is 1.64. The molecule has 3 heterocycles. The van der Waals surface area contributed by atoms with E-state index < -0.39 is 5.23 Å². The molecule has 1 aromatic carbocycles. The predicted molar refractivity (Wildman–Crippen MR) is 77.9 cm³/mol. The van der Waals surface area contributed by atoms with Crippen molar-refractivity contribution in [1.82, 2.24) is 14.9 Å². The number of fused-ring (bicyclic) bond motifs is 1. The van der Waals surface area contributed by atoms with Crippen LogP contribution in [0.5, 0.6) is 0 Å². The fourth-order valence-corrected chi connectivity index (χ4v) is 3.17. The Labute approximate surface area is 128 Å². The standard InChI is InChI=1S/C13H11N5O3S/c19-18(20)9-5-3-8(4-6-9)11-14-15-13-17(11)16-12(22-13)10-2-1-7-21-10/h1-7,12,16,18-19H/t12-/m1/s1. The Morgan fingerprint density at radius 3 is 2.77 bits per heavy atom. The first-order chi connectivity index (χ1) is 10.7. The summed E-state index contributed by atoms with van der Waals surface area (Å²) in [7, 11) is 0. The maximum absolute atomic E-state index is 10.9. The van der Waals surface area contributed by atoms with Crippen molar-refractivity contribution in [3.8, 4) is 11.4 Å². The first-order valence-electron chi connectivity index (χ1n) is 6.48. The number of hydrogen-bond donors (Lipinski definition) is 3. The summed E-state index contributed by atoms with van der Waals surface area (Å²) in [4.78, 5) is 0. The first-order valence-corrected chi connectivity index (χ1v) is 7.36. The number of quaternary nitrogens is 1. The van der Waals surface area contributed by atoms with Crippen molar-refractivity contribution in [2.75, 3.05) is 5.43 Å². The summed E-state index contributed by atoms with van der Waals surface area (Å²) in [5.41, 5.74) is 4.29. The molecule has 3 N–H and O–H groups in total. The average Bonchev–Trinajstić information content (AvgIpc) is 3.23. The van der Waals surface area contributed by atoms with Gasteiger partial charge in [0.05, 0.1) is 6.26 Å². The van der Waals surface area contributed by atoms with E-state index in [9.17, 15) is 5.21 Å². The van der Waals surface area contributed by atoms with Crippen LogP contribution in [0.25, 0.3) is 11.4 Å². The highest BCUT2D eigenvalue weighted by molar-refractivity contribution is 7.99. The first kappa shape index (κ1) is 13.3. The number of benzene rings is 1. The number of thioether (sulfide) groups is 1. The summed E-state index contributed by atoms with van der Waals surface area (Å²) >= 11 is 1.51. The third kappa shape index (κ3) is 2.16. The maximum atomic E-state index is 10.9. The minimum absolute atomic E-state index is 0.0578. The van der Waals surface area contributed by atoms with Gasteiger partial charge in [-0.3, -0.25) is 0 Å². The van der Waals surface area contributed by atoms with Gasteiger partial charge in [0.1, 0.15) is 5.76 Å². The van der Waals surface area contributed by atoms with E-state index in [1.165, 1.54) is 11.8 Å². The fourth-order valence-electron chi connectivity index (χ4n) is 2.22. The zero-order chi connectivity index (χ0) is 15.1. The molecule has 22 heavy (non-hydrogen) atoms. The highest BCUT2D eigenvalue weighted by Crippen LogP contribution is 2.40. The van der Waals surface area contributed by atoms with Gasteiger partial charge < -0.3 is 15.1 Å². The fraction of sp³-hybridized carbons (Fsp3) is 0.0769. The molecule has 0 amide bonds. The van der Waals surface area contributed by atoms with Crippen molar-refractivity contribution in [2.24, 2.45) is 0 Å². The minimum Gasteiger partial charge on any atom is -0.595 e. The van der Waals surface area contributed by atoms with Crippen LogP contribution in [0.2, 0.25) is 0 Å². The van der Waals surface area contributed by atoms with Crippen LogP contribution in [-0.4, -0.2) is 20.1 Å². The SMILES string of the molecule is [O-][NH+](O)c1ccc(-c2nnc3n2N[C@@H](c2ccco2)S3)cc1. The number of rotatable bonds is 3. The van der Waals surface area contributed by atoms with Gasteiger partial charge in [0.15, 0.2) is 16.9 Å². The molecule has 1 unspecified atom stereocenters. The summed E-state index contributed by atoms with van der Waals surface area (Å²) in [5, 5.41) is 27.9. The largest absolute Gasteiger partial charge is 0.595 e. The molecule has 2 atom stereocenters. The van der Waals surface area contributed by atoms with Crippen LogP contribution < -0.4 is 10.7 Å². The van der Waals surface area contributed by atoms with Gasteiger partial charge in [-0.1, -0.05) is 0 Å². The van der Waals surface area contributed by atoms with E-state index >= 15 is 0 Å². The molecule has 0 aliphatic carbocycles. The summed E-state index contributed by atoms with van der Waals surface area (Å²) in [6.07, 6.45) is 1.63. The molecule has 0 bridgehead atoms. The minimum atomic E-state index is -0.954. The van der Waals surface area contributed by atoms with Crippen molar-refractivity contribution in [3.63, 3.8) is 0 Å². The summed E-state index contributed by atoms with van der Waals surface area (Å²) in [6.45, 7) is 0. The second-order valence-electron chi connectivity index (χ2n) is 4.67. The Bertz CT molecular complexity index is 785. The van der Waals surface area contributed by atoms with E-state index in [-0.39, 0.29) is 11.1 Å². The summed E-state index contributed by atoms with van der Waals surface area (Å²) in [5.74, 6) is 1.44. The van der Waals surface area contributed by atoms with Gasteiger partial charge in [-0.2, -0.15) is 5.23 Å². The van der Waals surface area contributed by atoms with Crippen molar-refractivity contribution in [2.45, 2.75) is 10.5 Å². The lowest BCUT2D eigenvalue weighted by atomic mass is 10.2. The van der Waals surface area contributed by atoms with Crippen LogP contribution in [0.4, 0.5) is 5.69 Å². The monoisotopic (exact) mass is 317 g/mol. The van der Waals surface area contributed by atoms with Crippen molar-refractivity contribution < 1.29 is 14.9 Å². The van der Waals surface area contributed by atoms with E-state index in [1.807, 2.05) is 12.1 Å². The third-order valence-electron chi connectivity index (χ3n) is 3.29. The quantitative estimate of drug-likeness (QED) is 0.625. The second-order valence-corrected chi connectivity index (χ2v) is 5.74. The van der Waals surface area contributed by atoms with Crippen molar-refractivity contribution in [3.05, 3.63) is 53.6 Å². The Morgan fingerprint density at radius 2 is 2.09 bits per heavy atom. The number of furan rings is 1. The number of hydrogen-bond acceptors (Lipinski definition) is 7. The molecule has 4 rings (SSSR count). The van der Waals surface area contributed by atoms with Gasteiger partial charge in [-0.25, -0.2) is 9.88 Å². The molecule has 3 aromatic rings. The van der Waals surface area contributed by atoms with E-state index in [1.54, 1.807) is 35.2 Å². The number of nitrogens with one attached hydrogen (secondary N) is 2. The van der Waals surface area contributed by atoms with Crippen LogP contribution in [-0.2, 0) is 0 Å². The molecular formula is C13H11N5O3S. The zero-order valence-corrected chi connectivity index (χ0v) is 11.9. The Kier molecular flexibility index (Phi) is 3.12. The molecular weight excluding hydrogens is 306 g/mol. The molecule has 9 heteroatoms. The average molecular weight is 317 g/mol. The lowest BCUT2D eigenvalue weighted by Crippen LogP contribution is -2.99. The maximum Gasteiger partial charge on any atom is 0.212 e. The predicted octanol–water partition coefficient (Wildman–Crippen LogP) is 1.29. The van der Waals surface area contributed by atoms with Crippen LogP contribution >= 0.6 is 11.8 Å². The molecule has 0 spiro atoms. The van der Waals surface area contributed by atoms with Gasteiger partial charge in [0.25, 0.3) is 0 Å². The number of nitrogens with zero attached hydrogens (tertiary/aromatic N) is 3. The molecule has 8 nitrogen and oxygen atoms in total. The van der Waals surface area contributed by atoms with E-state index in [0.29, 0.717) is 5.82 Å². The van der Waals surface area contributed by atoms with E-state index in [4.69, 9.17) is 9.62 Å². The lowest BCUT2D eigenvalue weighted by molar-refractivity contribution is -0.991. The van der Waals surface area contributed by atoms with E-state index in [2.05, 4.69) is 15.6 Å². The van der Waals surface area contributed by atoms with Crippen LogP contribution in [0, 0.1) is 5.21 Å². The second kappa shape index (κ2) is 5.14. The van der Waals surface area contributed by atoms with Crippen LogP contribution in [0.3, 0.4) is 0 Å². The van der Waals surface area contributed by atoms with Gasteiger partial charge in [0, 0.05) is 17.7 Å². The van der Waals surface area contributed by atoms with Crippen molar-refractivity contribution >= 4 is 17.4 Å². The Hall–Kier alpha value is -2.33. The normalized spacial score (nSPS) is 18.0. The van der Waals surface area contributed by atoms with Crippen LogP contribution in [0.1, 0.15) is 11.1 Å². The van der Waals surface area contributed by atoms with Crippen LogP contribution in [0.15, 0.2) is 52.2 Å². The van der Waals surface area contributed by atoms with E-state index in [0.717, 1.165) is 16.5 Å².